The van der Waals surface area contributed by atoms with Gasteiger partial charge in [-0.1, -0.05) is 24.4 Å². The van der Waals surface area contributed by atoms with Gasteiger partial charge in [0.05, 0.1) is 5.41 Å². The molecule has 120 valence electrons. The van der Waals surface area contributed by atoms with E-state index in [4.69, 9.17) is 15.0 Å². The molecule has 5 heteroatoms. The summed E-state index contributed by atoms with van der Waals surface area (Å²) in [6, 6.07) is 0. The Labute approximate surface area is 127 Å². The maximum absolute atomic E-state index is 6.27. The van der Waals surface area contributed by atoms with Crippen LogP contribution in [0.25, 0.3) is 0 Å². The highest BCUT2D eigenvalue weighted by Gasteiger charge is 2.44. The summed E-state index contributed by atoms with van der Waals surface area (Å²) in [5.74, 6) is 1.28. The van der Waals surface area contributed by atoms with Crippen LogP contribution in [0.2, 0.25) is 0 Å². The van der Waals surface area contributed by atoms with E-state index in [2.05, 4.69) is 10.1 Å². The fourth-order valence-electron chi connectivity index (χ4n) is 2.77. The van der Waals surface area contributed by atoms with Gasteiger partial charge in [0, 0.05) is 12.1 Å². The second-order valence-corrected chi connectivity index (χ2v) is 7.26. The van der Waals surface area contributed by atoms with Crippen LogP contribution in [0.1, 0.15) is 78.4 Å². The zero-order valence-electron chi connectivity index (χ0n) is 14.0. The third kappa shape index (κ3) is 2.99. The molecule has 1 saturated carbocycles. The molecule has 1 aliphatic rings. The molecule has 0 radical (unpaired) electrons. The second-order valence-electron chi connectivity index (χ2n) is 7.26. The number of nitrogens with zero attached hydrogens (tertiary/aromatic N) is 2. The average molecular weight is 295 g/mol. The Morgan fingerprint density at radius 2 is 1.81 bits per heavy atom. The van der Waals surface area contributed by atoms with Crippen molar-refractivity contribution in [2.75, 3.05) is 6.61 Å². The van der Waals surface area contributed by atoms with E-state index in [1.165, 1.54) is 6.42 Å². The van der Waals surface area contributed by atoms with Gasteiger partial charge in [-0.05, 0) is 47.5 Å². The molecule has 0 spiro atoms. The number of ether oxygens (including phenoxy) is 1. The molecule has 5 nitrogen and oxygen atoms in total. The molecule has 0 atom stereocenters. The molecule has 0 aromatic carbocycles. The summed E-state index contributed by atoms with van der Waals surface area (Å²) in [5.41, 5.74) is 5.06. The Bertz CT molecular complexity index is 463. The third-order valence-corrected chi connectivity index (χ3v) is 5.06. The molecular weight excluding hydrogens is 266 g/mol. The lowest BCUT2D eigenvalue weighted by Gasteiger charge is -2.35. The topological polar surface area (TPSA) is 74.2 Å². The minimum Gasteiger partial charge on any atom is -0.367 e. The highest BCUT2D eigenvalue weighted by atomic mass is 16.5. The van der Waals surface area contributed by atoms with Gasteiger partial charge in [-0.15, -0.1) is 0 Å². The summed E-state index contributed by atoms with van der Waals surface area (Å²) < 4.78 is 11.6. The lowest BCUT2D eigenvalue weighted by atomic mass is 9.75. The quantitative estimate of drug-likeness (QED) is 0.902. The van der Waals surface area contributed by atoms with Crippen molar-refractivity contribution in [1.82, 2.24) is 10.1 Å². The largest absolute Gasteiger partial charge is 0.367 e. The van der Waals surface area contributed by atoms with Crippen molar-refractivity contribution >= 4 is 0 Å². The van der Waals surface area contributed by atoms with Crippen LogP contribution in [0.3, 0.4) is 0 Å². The van der Waals surface area contributed by atoms with Gasteiger partial charge >= 0.3 is 0 Å². The van der Waals surface area contributed by atoms with Crippen LogP contribution in [0.4, 0.5) is 0 Å². The maximum atomic E-state index is 6.27. The highest BCUT2D eigenvalue weighted by molar-refractivity contribution is 5.13. The molecule has 1 aromatic heterocycles. The van der Waals surface area contributed by atoms with Crippen LogP contribution in [-0.4, -0.2) is 22.3 Å². The van der Waals surface area contributed by atoms with E-state index >= 15 is 0 Å². The zero-order valence-corrected chi connectivity index (χ0v) is 14.0. The Morgan fingerprint density at radius 3 is 2.33 bits per heavy atom. The van der Waals surface area contributed by atoms with E-state index in [-0.39, 0.29) is 11.0 Å². The Hall–Kier alpha value is -0.940. The van der Waals surface area contributed by atoms with Crippen molar-refractivity contribution in [3.63, 3.8) is 0 Å². The first-order valence-corrected chi connectivity index (χ1v) is 8.00. The number of nitrogens with two attached hydrogens (primary N) is 1. The van der Waals surface area contributed by atoms with E-state index < -0.39 is 5.54 Å². The lowest BCUT2D eigenvalue weighted by Crippen LogP contribution is -2.50. The van der Waals surface area contributed by atoms with E-state index in [9.17, 15) is 0 Å². The van der Waals surface area contributed by atoms with E-state index in [0.29, 0.717) is 18.3 Å². The second kappa shape index (κ2) is 5.69. The van der Waals surface area contributed by atoms with Gasteiger partial charge < -0.3 is 15.0 Å². The summed E-state index contributed by atoms with van der Waals surface area (Å²) in [6.45, 7) is 10.7. The molecule has 1 fully saturated rings. The van der Waals surface area contributed by atoms with Crippen LogP contribution >= 0.6 is 0 Å². The molecule has 0 amide bonds. The fourth-order valence-corrected chi connectivity index (χ4v) is 2.77. The van der Waals surface area contributed by atoms with Gasteiger partial charge in [0.15, 0.2) is 0 Å². The van der Waals surface area contributed by atoms with Crippen LogP contribution < -0.4 is 5.73 Å². The maximum Gasteiger partial charge on any atom is 0.234 e. The van der Waals surface area contributed by atoms with E-state index in [1.807, 2.05) is 34.6 Å². The molecule has 2 rings (SSSR count). The van der Waals surface area contributed by atoms with Crippen LogP contribution in [0.15, 0.2) is 4.52 Å². The van der Waals surface area contributed by atoms with E-state index in [0.717, 1.165) is 25.7 Å². The van der Waals surface area contributed by atoms with Gasteiger partial charge in [-0.3, -0.25) is 0 Å². The minimum atomic E-state index is -0.442. The van der Waals surface area contributed by atoms with Crippen molar-refractivity contribution in [3.8, 4) is 0 Å². The summed E-state index contributed by atoms with van der Waals surface area (Å²) >= 11 is 0. The van der Waals surface area contributed by atoms with Gasteiger partial charge in [0.2, 0.25) is 11.7 Å². The highest BCUT2D eigenvalue weighted by Crippen LogP contribution is 2.40. The number of aromatic nitrogens is 2. The standard InChI is InChI=1S/C16H29N3O2/c1-6-20-16(10-8-7-9-11-16)12-18-13(21-19-12)14(2,3)15(4,5)17/h6-11,17H2,1-5H3. The molecule has 0 saturated heterocycles. The average Bonchev–Trinajstić information content (AvgIpc) is 2.89. The SMILES string of the molecule is CCOC1(c2noc(C(C)(C)C(C)(C)N)n2)CCCCC1. The summed E-state index contributed by atoms with van der Waals surface area (Å²) in [6.07, 6.45) is 5.48. The van der Waals surface area contributed by atoms with E-state index in [1.54, 1.807) is 0 Å². The first kappa shape index (κ1) is 16.4. The van der Waals surface area contributed by atoms with Gasteiger partial charge in [0.25, 0.3) is 0 Å². The van der Waals surface area contributed by atoms with Crippen LogP contribution in [0, 0.1) is 0 Å². The first-order valence-electron chi connectivity index (χ1n) is 8.00. The van der Waals surface area contributed by atoms with Crippen molar-refractivity contribution in [1.29, 1.82) is 0 Å². The number of hydrogen-bond acceptors (Lipinski definition) is 5. The minimum absolute atomic E-state index is 0.371. The Balaban J connectivity index is 2.33. The normalized spacial score (nSPS) is 19.7. The van der Waals surface area contributed by atoms with Gasteiger partial charge in [-0.2, -0.15) is 4.98 Å². The van der Waals surface area contributed by atoms with Crippen LogP contribution in [-0.2, 0) is 15.8 Å². The van der Waals surface area contributed by atoms with Crippen molar-refractivity contribution in [2.24, 2.45) is 5.73 Å². The third-order valence-electron chi connectivity index (χ3n) is 5.06. The molecule has 0 unspecified atom stereocenters. The predicted octanol–water partition coefficient (Wildman–Crippen LogP) is 3.28. The molecular formula is C16H29N3O2. The zero-order chi connectivity index (χ0) is 15.7. The first-order chi connectivity index (χ1) is 9.73. The molecule has 1 aliphatic carbocycles. The lowest BCUT2D eigenvalue weighted by molar-refractivity contribution is -0.0777. The smallest absolute Gasteiger partial charge is 0.234 e. The molecule has 1 heterocycles. The van der Waals surface area contributed by atoms with Gasteiger partial charge in [-0.25, -0.2) is 0 Å². The Morgan fingerprint density at radius 1 is 1.19 bits per heavy atom. The fraction of sp³-hybridized carbons (Fsp3) is 0.875. The molecule has 21 heavy (non-hydrogen) atoms. The van der Waals surface area contributed by atoms with Gasteiger partial charge in [0.1, 0.15) is 5.60 Å². The molecule has 0 bridgehead atoms. The monoisotopic (exact) mass is 295 g/mol. The molecule has 1 aromatic rings. The Kier molecular flexibility index (Phi) is 4.45. The molecule has 0 aliphatic heterocycles. The number of rotatable bonds is 5. The van der Waals surface area contributed by atoms with Crippen molar-refractivity contribution in [3.05, 3.63) is 11.7 Å². The van der Waals surface area contributed by atoms with Crippen molar-refractivity contribution < 1.29 is 9.26 Å². The number of hydrogen-bond donors (Lipinski definition) is 1. The summed E-state index contributed by atoms with van der Waals surface area (Å²) in [7, 11) is 0. The predicted molar refractivity (Wildman–Crippen MR) is 82.0 cm³/mol. The van der Waals surface area contributed by atoms with Crippen molar-refractivity contribution in [2.45, 2.75) is 83.3 Å². The summed E-state index contributed by atoms with van der Waals surface area (Å²) in [5, 5.41) is 4.24. The summed E-state index contributed by atoms with van der Waals surface area (Å²) in [4.78, 5) is 4.68. The molecule has 2 N–H and O–H groups in total. The van der Waals surface area contributed by atoms with Crippen LogP contribution in [0.5, 0.6) is 0 Å².